The van der Waals surface area contributed by atoms with Gasteiger partial charge in [-0.2, -0.15) is 4.31 Å². The minimum absolute atomic E-state index is 0.0268. The Morgan fingerprint density at radius 2 is 2.23 bits per heavy atom. The molecular formula is C17H28N4O4S. The molecule has 0 spiro atoms. The third-order valence-electron chi connectivity index (χ3n) is 4.91. The Hall–Kier alpha value is -1.55. The third kappa shape index (κ3) is 4.79. The van der Waals surface area contributed by atoms with E-state index in [0.717, 1.165) is 6.42 Å². The summed E-state index contributed by atoms with van der Waals surface area (Å²) in [6.07, 6.45) is 2.18. The Morgan fingerprint density at radius 3 is 2.85 bits per heavy atom. The number of amides is 1. The number of β-amino-alcohol motifs (C(OH)–C–C–N with tert-alkyl or cyclic N) is 1. The Kier molecular flexibility index (Phi) is 7.10. The first-order valence-corrected chi connectivity index (χ1v) is 10.4. The van der Waals surface area contributed by atoms with Crippen LogP contribution in [0.1, 0.15) is 33.1 Å². The average molecular weight is 385 g/mol. The summed E-state index contributed by atoms with van der Waals surface area (Å²) < 4.78 is 26.6. The average Bonchev–Trinajstić information content (AvgIpc) is 2.83. The van der Waals surface area contributed by atoms with E-state index in [-0.39, 0.29) is 29.9 Å². The van der Waals surface area contributed by atoms with Crippen molar-refractivity contribution in [2.45, 2.75) is 56.3 Å². The molecule has 0 aromatic carbocycles. The quantitative estimate of drug-likeness (QED) is 0.638. The Morgan fingerprint density at radius 1 is 1.50 bits per heavy atom. The Balaban J connectivity index is 2.06. The Bertz CT molecular complexity index is 698. The molecule has 0 bridgehead atoms. The molecule has 3 unspecified atom stereocenters. The van der Waals surface area contributed by atoms with Gasteiger partial charge in [-0.15, -0.1) is 0 Å². The predicted octanol–water partition coefficient (Wildman–Crippen LogP) is 0.0852. The first kappa shape index (κ1) is 20.8. The maximum atomic E-state index is 12.7. The van der Waals surface area contributed by atoms with E-state index < -0.39 is 28.2 Å². The van der Waals surface area contributed by atoms with Gasteiger partial charge in [-0.3, -0.25) is 4.79 Å². The minimum atomic E-state index is -3.78. The third-order valence-corrected chi connectivity index (χ3v) is 6.69. The summed E-state index contributed by atoms with van der Waals surface area (Å²) in [5.74, 6) is -0.289. The fourth-order valence-corrected chi connectivity index (χ4v) is 4.34. The van der Waals surface area contributed by atoms with Crippen LogP contribution in [0.15, 0.2) is 29.4 Å². The van der Waals surface area contributed by atoms with Crippen molar-refractivity contribution in [3.05, 3.63) is 24.4 Å². The van der Waals surface area contributed by atoms with Gasteiger partial charge in [0.15, 0.2) is 5.03 Å². The SMILES string of the molecule is CCC(C)[C@H](N)C(=O)NC1CCCN(S(=O)(=O)c2ccccn2)CC1O. The minimum Gasteiger partial charge on any atom is -0.390 e. The second-order valence-corrected chi connectivity index (χ2v) is 8.65. The molecule has 146 valence electrons. The highest BCUT2D eigenvalue weighted by molar-refractivity contribution is 7.89. The van der Waals surface area contributed by atoms with Crippen molar-refractivity contribution in [1.29, 1.82) is 0 Å². The molecule has 0 radical (unpaired) electrons. The number of rotatable bonds is 6. The molecule has 4 N–H and O–H groups in total. The zero-order chi connectivity index (χ0) is 19.3. The summed E-state index contributed by atoms with van der Waals surface area (Å²) in [4.78, 5) is 16.2. The van der Waals surface area contributed by atoms with Crippen molar-refractivity contribution >= 4 is 15.9 Å². The van der Waals surface area contributed by atoms with Crippen LogP contribution >= 0.6 is 0 Å². The number of pyridine rings is 1. The summed E-state index contributed by atoms with van der Waals surface area (Å²) in [7, 11) is -3.78. The lowest BCUT2D eigenvalue weighted by molar-refractivity contribution is -0.125. The molecule has 9 heteroatoms. The van der Waals surface area contributed by atoms with Crippen molar-refractivity contribution in [3.63, 3.8) is 0 Å². The predicted molar refractivity (Wildman–Crippen MR) is 97.6 cm³/mol. The lowest BCUT2D eigenvalue weighted by atomic mass is 9.98. The molecule has 26 heavy (non-hydrogen) atoms. The highest BCUT2D eigenvalue weighted by atomic mass is 32.2. The summed E-state index contributed by atoms with van der Waals surface area (Å²) >= 11 is 0. The van der Waals surface area contributed by atoms with Gasteiger partial charge in [-0.05, 0) is 30.9 Å². The number of nitrogens with two attached hydrogens (primary N) is 1. The fourth-order valence-electron chi connectivity index (χ4n) is 2.92. The molecule has 1 aliphatic rings. The van der Waals surface area contributed by atoms with Crippen molar-refractivity contribution in [2.24, 2.45) is 11.7 Å². The van der Waals surface area contributed by atoms with Crippen LogP contribution in [0.5, 0.6) is 0 Å². The number of aliphatic hydroxyl groups excluding tert-OH is 1. The normalized spacial score (nSPS) is 24.5. The maximum absolute atomic E-state index is 12.7. The molecule has 0 saturated carbocycles. The molecule has 1 aromatic heterocycles. The molecule has 1 aromatic rings. The molecule has 1 amide bonds. The van der Waals surface area contributed by atoms with Gasteiger partial charge in [0, 0.05) is 19.3 Å². The molecule has 0 aliphatic carbocycles. The second-order valence-electron chi connectivity index (χ2n) is 6.77. The summed E-state index contributed by atoms with van der Waals surface area (Å²) in [6.45, 7) is 4.02. The zero-order valence-corrected chi connectivity index (χ0v) is 16.0. The van der Waals surface area contributed by atoms with E-state index in [1.54, 1.807) is 12.1 Å². The van der Waals surface area contributed by atoms with Crippen LogP contribution in [0, 0.1) is 5.92 Å². The van der Waals surface area contributed by atoms with E-state index in [2.05, 4.69) is 10.3 Å². The van der Waals surface area contributed by atoms with E-state index in [9.17, 15) is 18.3 Å². The fraction of sp³-hybridized carbons (Fsp3) is 0.647. The Labute approximate surface area is 154 Å². The number of aromatic nitrogens is 1. The molecule has 2 heterocycles. The molecule has 1 aliphatic heterocycles. The van der Waals surface area contributed by atoms with Crippen LogP contribution in [0.2, 0.25) is 0 Å². The number of nitrogens with zero attached hydrogens (tertiary/aromatic N) is 2. The second kappa shape index (κ2) is 8.90. The van der Waals surface area contributed by atoms with Crippen LogP contribution < -0.4 is 11.1 Å². The first-order chi connectivity index (χ1) is 12.3. The van der Waals surface area contributed by atoms with Gasteiger partial charge in [0.05, 0.1) is 18.2 Å². The topological polar surface area (TPSA) is 126 Å². The summed E-state index contributed by atoms with van der Waals surface area (Å²) in [5.41, 5.74) is 5.94. The number of sulfonamides is 1. The van der Waals surface area contributed by atoms with Crippen LogP contribution in [-0.2, 0) is 14.8 Å². The number of hydrogen-bond acceptors (Lipinski definition) is 6. The van der Waals surface area contributed by atoms with Crippen LogP contribution in [0.25, 0.3) is 0 Å². The molecular weight excluding hydrogens is 356 g/mol. The molecule has 4 atom stereocenters. The summed E-state index contributed by atoms with van der Waals surface area (Å²) in [5, 5.41) is 13.2. The largest absolute Gasteiger partial charge is 0.390 e. The molecule has 1 saturated heterocycles. The van der Waals surface area contributed by atoms with Crippen molar-refractivity contribution < 1.29 is 18.3 Å². The summed E-state index contributed by atoms with van der Waals surface area (Å²) in [6, 6.07) is 3.50. The van der Waals surface area contributed by atoms with Gasteiger partial charge in [0.2, 0.25) is 5.91 Å². The monoisotopic (exact) mass is 384 g/mol. The van der Waals surface area contributed by atoms with Gasteiger partial charge in [0.25, 0.3) is 10.0 Å². The van der Waals surface area contributed by atoms with Crippen molar-refractivity contribution in [3.8, 4) is 0 Å². The van der Waals surface area contributed by atoms with Gasteiger partial charge in [-0.25, -0.2) is 13.4 Å². The zero-order valence-electron chi connectivity index (χ0n) is 15.2. The number of aliphatic hydroxyl groups is 1. The highest BCUT2D eigenvalue weighted by Crippen LogP contribution is 2.19. The lowest BCUT2D eigenvalue weighted by Crippen LogP contribution is -2.53. The van der Waals surface area contributed by atoms with Gasteiger partial charge in [0.1, 0.15) is 0 Å². The van der Waals surface area contributed by atoms with Crippen LogP contribution in [0.4, 0.5) is 0 Å². The smallest absolute Gasteiger partial charge is 0.260 e. The number of hydrogen-bond donors (Lipinski definition) is 3. The van der Waals surface area contributed by atoms with Gasteiger partial charge in [-0.1, -0.05) is 26.3 Å². The van der Waals surface area contributed by atoms with Crippen LogP contribution in [0.3, 0.4) is 0 Å². The van der Waals surface area contributed by atoms with Crippen LogP contribution in [-0.4, -0.2) is 60.0 Å². The van der Waals surface area contributed by atoms with E-state index in [0.29, 0.717) is 12.8 Å². The highest BCUT2D eigenvalue weighted by Gasteiger charge is 2.34. The molecule has 1 fully saturated rings. The molecule has 2 rings (SSSR count). The van der Waals surface area contributed by atoms with Crippen molar-refractivity contribution in [2.75, 3.05) is 13.1 Å². The standard InChI is InChI=1S/C17H28N4O4S/c1-3-12(2)16(18)17(23)20-13-7-6-10-21(11-14(13)22)26(24,25)15-8-4-5-9-19-15/h4-5,8-9,12-14,16,22H,3,6-7,10-11,18H2,1-2H3,(H,20,23)/t12?,13?,14?,16-/m0/s1. The maximum Gasteiger partial charge on any atom is 0.260 e. The van der Waals surface area contributed by atoms with E-state index in [4.69, 9.17) is 5.73 Å². The van der Waals surface area contributed by atoms with E-state index >= 15 is 0 Å². The van der Waals surface area contributed by atoms with Gasteiger partial charge >= 0.3 is 0 Å². The number of nitrogens with one attached hydrogen (secondary N) is 1. The van der Waals surface area contributed by atoms with Gasteiger partial charge < -0.3 is 16.2 Å². The van der Waals surface area contributed by atoms with Crippen molar-refractivity contribution in [1.82, 2.24) is 14.6 Å². The number of carbonyl (C=O) groups is 1. The number of carbonyl (C=O) groups excluding carboxylic acids is 1. The molecule has 8 nitrogen and oxygen atoms in total. The van der Waals surface area contributed by atoms with E-state index in [1.807, 2.05) is 13.8 Å². The lowest BCUT2D eigenvalue weighted by Gasteiger charge is -2.26. The first-order valence-electron chi connectivity index (χ1n) is 8.92. The van der Waals surface area contributed by atoms with E-state index in [1.165, 1.54) is 16.6 Å².